The van der Waals surface area contributed by atoms with Crippen LogP contribution < -0.4 is 15.4 Å². The number of nitrogens with one attached hydrogen (secondary N) is 2. The maximum Gasteiger partial charge on any atom is 0.233 e. The lowest BCUT2D eigenvalue weighted by molar-refractivity contribution is -0.120. The molecule has 0 heterocycles. The average Bonchev–Trinajstić information content (AvgIpc) is 2.49. The number of hydrogen-bond donors (Lipinski definition) is 2. The van der Waals surface area contributed by atoms with Gasteiger partial charge in [0.05, 0.1) is 6.54 Å². The van der Waals surface area contributed by atoms with Crippen LogP contribution in [-0.2, 0) is 4.79 Å². The van der Waals surface area contributed by atoms with Crippen molar-refractivity contribution in [3.05, 3.63) is 29.8 Å². The number of nitrogens with zero attached hydrogens (tertiary/aromatic N) is 1. The molecule has 1 atom stereocenters. The Labute approximate surface area is 126 Å². The van der Waals surface area contributed by atoms with E-state index >= 15 is 0 Å². The van der Waals surface area contributed by atoms with Gasteiger partial charge in [0.1, 0.15) is 11.8 Å². The summed E-state index contributed by atoms with van der Waals surface area (Å²) in [6.07, 6.45) is 0. The van der Waals surface area contributed by atoms with Gasteiger partial charge in [0.25, 0.3) is 0 Å². The van der Waals surface area contributed by atoms with Gasteiger partial charge in [-0.15, -0.1) is 0 Å². The van der Waals surface area contributed by atoms with E-state index in [1.807, 2.05) is 37.3 Å². The summed E-state index contributed by atoms with van der Waals surface area (Å²) < 4.78 is 5.20. The van der Waals surface area contributed by atoms with E-state index in [0.717, 1.165) is 5.56 Å². The Morgan fingerprint density at radius 1 is 1.29 bits per heavy atom. The average molecular weight is 289 g/mol. The van der Waals surface area contributed by atoms with E-state index in [1.54, 1.807) is 0 Å². The van der Waals surface area contributed by atoms with Gasteiger partial charge >= 0.3 is 0 Å². The third-order valence-corrected chi connectivity index (χ3v) is 2.96. The summed E-state index contributed by atoms with van der Waals surface area (Å²) in [7, 11) is 0. The molecule has 0 aliphatic heterocycles. The number of carbonyl (C=O) groups is 1. The molecule has 1 unspecified atom stereocenters. The van der Waals surface area contributed by atoms with E-state index in [2.05, 4.69) is 24.5 Å². The Kier molecular flexibility index (Phi) is 7.27. The molecule has 0 radical (unpaired) electrons. The normalized spacial score (nSPS) is 11.8. The molecule has 1 rings (SSSR count). The summed E-state index contributed by atoms with van der Waals surface area (Å²) in [5.41, 5.74) is 1.07. The zero-order valence-electron chi connectivity index (χ0n) is 12.8. The summed E-state index contributed by atoms with van der Waals surface area (Å²) in [4.78, 5) is 11.6. The Bertz CT molecular complexity index is 477. The SMILES string of the molecule is CC(C)CNC(=O)CNC(C)c1ccc(OCC#N)cc1. The highest BCUT2D eigenvalue weighted by Crippen LogP contribution is 2.17. The van der Waals surface area contributed by atoms with Gasteiger partial charge in [-0.1, -0.05) is 26.0 Å². The predicted octanol–water partition coefficient (Wildman–Crippen LogP) is 2.01. The number of hydrogen-bond acceptors (Lipinski definition) is 4. The molecule has 0 aliphatic carbocycles. The number of carbonyl (C=O) groups excluding carboxylic acids is 1. The maximum absolute atomic E-state index is 11.6. The van der Waals surface area contributed by atoms with Crippen LogP contribution in [0.1, 0.15) is 32.4 Å². The van der Waals surface area contributed by atoms with Crippen molar-refractivity contribution in [2.75, 3.05) is 19.7 Å². The largest absolute Gasteiger partial charge is 0.479 e. The van der Waals surface area contributed by atoms with E-state index in [9.17, 15) is 4.79 Å². The number of rotatable bonds is 8. The minimum Gasteiger partial charge on any atom is -0.479 e. The Morgan fingerprint density at radius 2 is 1.95 bits per heavy atom. The molecule has 0 fully saturated rings. The van der Waals surface area contributed by atoms with Crippen molar-refractivity contribution in [3.8, 4) is 11.8 Å². The molecular formula is C16H23N3O2. The van der Waals surface area contributed by atoms with Gasteiger partial charge in [-0.25, -0.2) is 0 Å². The second-order valence-electron chi connectivity index (χ2n) is 5.32. The molecule has 114 valence electrons. The molecule has 0 saturated carbocycles. The van der Waals surface area contributed by atoms with Crippen molar-refractivity contribution in [2.24, 2.45) is 5.92 Å². The predicted molar refractivity (Wildman–Crippen MR) is 81.8 cm³/mol. The monoisotopic (exact) mass is 289 g/mol. The van der Waals surface area contributed by atoms with Gasteiger partial charge in [-0.2, -0.15) is 5.26 Å². The molecule has 0 spiro atoms. The zero-order valence-corrected chi connectivity index (χ0v) is 12.8. The Balaban J connectivity index is 2.39. The molecular weight excluding hydrogens is 266 g/mol. The first kappa shape index (κ1) is 17.0. The summed E-state index contributed by atoms with van der Waals surface area (Å²) in [6.45, 7) is 7.16. The summed E-state index contributed by atoms with van der Waals surface area (Å²) in [6, 6.07) is 9.50. The third kappa shape index (κ3) is 6.77. The molecule has 1 amide bonds. The molecule has 1 aromatic rings. The van der Waals surface area contributed by atoms with Gasteiger partial charge in [0.2, 0.25) is 5.91 Å². The van der Waals surface area contributed by atoms with Crippen LogP contribution in [0.2, 0.25) is 0 Å². The maximum atomic E-state index is 11.6. The van der Waals surface area contributed by atoms with Crippen molar-refractivity contribution < 1.29 is 9.53 Å². The second-order valence-corrected chi connectivity index (χ2v) is 5.32. The van der Waals surface area contributed by atoms with Crippen molar-refractivity contribution in [1.29, 1.82) is 5.26 Å². The number of nitriles is 1. The summed E-state index contributed by atoms with van der Waals surface area (Å²) in [5.74, 6) is 1.12. The van der Waals surface area contributed by atoms with Crippen molar-refractivity contribution in [1.82, 2.24) is 10.6 Å². The molecule has 21 heavy (non-hydrogen) atoms. The molecule has 0 aromatic heterocycles. The lowest BCUT2D eigenvalue weighted by atomic mass is 10.1. The van der Waals surface area contributed by atoms with Crippen LogP contribution in [0.25, 0.3) is 0 Å². The highest BCUT2D eigenvalue weighted by Gasteiger charge is 2.08. The van der Waals surface area contributed by atoms with E-state index in [0.29, 0.717) is 24.8 Å². The first-order chi connectivity index (χ1) is 10.0. The minimum absolute atomic E-state index is 0.00419. The van der Waals surface area contributed by atoms with Crippen molar-refractivity contribution in [3.63, 3.8) is 0 Å². The fourth-order valence-electron chi connectivity index (χ4n) is 1.71. The Hall–Kier alpha value is -2.06. The summed E-state index contributed by atoms with van der Waals surface area (Å²) in [5, 5.41) is 14.5. The molecule has 2 N–H and O–H groups in total. The third-order valence-electron chi connectivity index (χ3n) is 2.96. The topological polar surface area (TPSA) is 74.2 Å². The van der Waals surface area contributed by atoms with Crippen LogP contribution in [0.4, 0.5) is 0 Å². The fraction of sp³-hybridized carbons (Fsp3) is 0.500. The van der Waals surface area contributed by atoms with Crippen LogP contribution in [0.3, 0.4) is 0 Å². The number of amides is 1. The van der Waals surface area contributed by atoms with E-state index in [1.165, 1.54) is 0 Å². The van der Waals surface area contributed by atoms with Crippen LogP contribution >= 0.6 is 0 Å². The number of ether oxygens (including phenoxy) is 1. The van der Waals surface area contributed by atoms with Crippen molar-refractivity contribution in [2.45, 2.75) is 26.8 Å². The van der Waals surface area contributed by atoms with Crippen LogP contribution in [0.15, 0.2) is 24.3 Å². The lowest BCUT2D eigenvalue weighted by Crippen LogP contribution is -2.36. The molecule has 0 aliphatic rings. The van der Waals surface area contributed by atoms with E-state index < -0.39 is 0 Å². The Morgan fingerprint density at radius 3 is 2.52 bits per heavy atom. The highest BCUT2D eigenvalue weighted by molar-refractivity contribution is 5.78. The van der Waals surface area contributed by atoms with E-state index in [4.69, 9.17) is 10.00 Å². The van der Waals surface area contributed by atoms with Crippen LogP contribution in [-0.4, -0.2) is 25.6 Å². The number of benzene rings is 1. The van der Waals surface area contributed by atoms with E-state index in [-0.39, 0.29) is 18.6 Å². The smallest absolute Gasteiger partial charge is 0.233 e. The lowest BCUT2D eigenvalue weighted by Gasteiger charge is -2.15. The molecule has 5 heteroatoms. The van der Waals surface area contributed by atoms with Gasteiger partial charge in [-0.05, 0) is 30.5 Å². The van der Waals surface area contributed by atoms with Crippen LogP contribution in [0, 0.1) is 17.2 Å². The van der Waals surface area contributed by atoms with Gasteiger partial charge < -0.3 is 15.4 Å². The van der Waals surface area contributed by atoms with Gasteiger partial charge in [-0.3, -0.25) is 4.79 Å². The van der Waals surface area contributed by atoms with Crippen LogP contribution in [0.5, 0.6) is 5.75 Å². The second kappa shape index (κ2) is 8.98. The first-order valence-electron chi connectivity index (χ1n) is 7.12. The first-order valence-corrected chi connectivity index (χ1v) is 7.12. The standard InChI is InChI=1S/C16H23N3O2/c1-12(2)10-19-16(20)11-18-13(3)14-4-6-15(7-5-14)21-9-8-17/h4-7,12-13,18H,9-11H2,1-3H3,(H,19,20). The highest BCUT2D eigenvalue weighted by atomic mass is 16.5. The van der Waals surface area contributed by atoms with Gasteiger partial charge in [0.15, 0.2) is 6.61 Å². The fourth-order valence-corrected chi connectivity index (χ4v) is 1.71. The van der Waals surface area contributed by atoms with Crippen molar-refractivity contribution >= 4 is 5.91 Å². The molecule has 0 saturated heterocycles. The molecule has 1 aromatic carbocycles. The minimum atomic E-state index is 0.00419. The quantitative estimate of drug-likeness (QED) is 0.767. The zero-order chi connectivity index (χ0) is 15.7. The van der Waals surface area contributed by atoms with Gasteiger partial charge in [0, 0.05) is 12.6 Å². The molecule has 0 bridgehead atoms. The molecule has 5 nitrogen and oxygen atoms in total. The summed E-state index contributed by atoms with van der Waals surface area (Å²) >= 11 is 0.